The summed E-state index contributed by atoms with van der Waals surface area (Å²) in [6.45, 7) is 4.49. The van der Waals surface area contributed by atoms with Gasteiger partial charge >= 0.3 is 24.4 Å². The molecule has 1 saturated heterocycles. The number of carbonyl (C=O) groups is 2. The van der Waals surface area contributed by atoms with Gasteiger partial charge in [-0.1, -0.05) is 30.3 Å². The summed E-state index contributed by atoms with van der Waals surface area (Å²) in [6.07, 6.45) is -9.92. The number of ether oxygens (including phenoxy) is 1. The Morgan fingerprint density at radius 3 is 2.04 bits per heavy atom. The van der Waals surface area contributed by atoms with Crippen LogP contribution in [0.2, 0.25) is 0 Å². The number of esters is 1. The first-order valence-corrected chi connectivity index (χ1v) is 14.4. The molecule has 2 atom stereocenters. The molecule has 0 saturated carbocycles. The molecule has 0 spiro atoms. The summed E-state index contributed by atoms with van der Waals surface area (Å²) in [6, 6.07) is 10.6. The molecule has 0 radical (unpaired) electrons. The van der Waals surface area contributed by atoms with E-state index in [9.17, 15) is 40.3 Å². The number of amides is 2. The number of hydrogen-bond acceptors (Lipinski definition) is 4. The zero-order chi connectivity index (χ0) is 34.0. The highest BCUT2D eigenvalue weighted by Crippen LogP contribution is 2.39. The van der Waals surface area contributed by atoms with Crippen LogP contribution in [0.5, 0.6) is 0 Å². The molecule has 0 unspecified atom stereocenters. The summed E-state index contributed by atoms with van der Waals surface area (Å²) < 4.78 is 99.9. The van der Waals surface area contributed by atoms with Gasteiger partial charge in [0.2, 0.25) is 0 Å². The van der Waals surface area contributed by atoms with E-state index in [1.165, 1.54) is 38.1 Å². The Labute approximate surface area is 262 Å². The molecule has 13 heteroatoms. The maximum Gasteiger partial charge on any atom is 0.416 e. The highest BCUT2D eigenvalue weighted by molar-refractivity contribution is 5.76. The van der Waals surface area contributed by atoms with Gasteiger partial charge < -0.3 is 14.5 Å². The number of carbonyl (C=O) groups excluding carboxylic acids is 2. The van der Waals surface area contributed by atoms with Crippen molar-refractivity contribution in [1.82, 2.24) is 14.7 Å². The van der Waals surface area contributed by atoms with Crippen molar-refractivity contribution in [3.8, 4) is 0 Å². The second-order valence-electron chi connectivity index (χ2n) is 11.4. The number of aryl methyl sites for hydroxylation is 1. The molecule has 1 heterocycles. The summed E-state index contributed by atoms with van der Waals surface area (Å²) in [5, 5.41) is 0. The molecule has 248 valence electrons. The average molecular weight is 654 g/mol. The fourth-order valence-electron chi connectivity index (χ4n) is 5.56. The van der Waals surface area contributed by atoms with Crippen molar-refractivity contribution in [1.29, 1.82) is 0 Å². The molecule has 3 aromatic rings. The van der Waals surface area contributed by atoms with E-state index in [0.717, 1.165) is 16.0 Å². The van der Waals surface area contributed by atoms with Crippen LogP contribution in [-0.2, 0) is 34.8 Å². The van der Waals surface area contributed by atoms with Crippen molar-refractivity contribution in [2.75, 3.05) is 33.8 Å². The number of halogens is 7. The van der Waals surface area contributed by atoms with E-state index in [-0.39, 0.29) is 30.6 Å². The highest BCUT2D eigenvalue weighted by Gasteiger charge is 2.39. The zero-order valence-corrected chi connectivity index (χ0v) is 25.7. The largest absolute Gasteiger partial charge is 0.469 e. The van der Waals surface area contributed by atoms with Gasteiger partial charge in [0.05, 0.1) is 36.7 Å². The first kappa shape index (κ1) is 34.7. The lowest BCUT2D eigenvalue weighted by Crippen LogP contribution is -2.53. The predicted octanol–water partition coefficient (Wildman–Crippen LogP) is 7.56. The lowest BCUT2D eigenvalue weighted by molar-refractivity contribution is -0.143. The monoisotopic (exact) mass is 653 g/mol. The van der Waals surface area contributed by atoms with E-state index in [0.29, 0.717) is 42.9 Å². The third-order valence-electron chi connectivity index (χ3n) is 8.28. The van der Waals surface area contributed by atoms with E-state index in [4.69, 9.17) is 4.74 Å². The van der Waals surface area contributed by atoms with Crippen LogP contribution < -0.4 is 0 Å². The Hall–Kier alpha value is -4.13. The molecule has 1 fully saturated rings. The van der Waals surface area contributed by atoms with Gasteiger partial charge in [-0.05, 0) is 72.0 Å². The molecular formula is C33H34F7N3O3. The maximum atomic E-state index is 14.0. The lowest BCUT2D eigenvalue weighted by Gasteiger charge is -2.44. The fourth-order valence-corrected chi connectivity index (χ4v) is 5.56. The SMILES string of the molecule is COC(=O)Cc1ccc(CN2CCN(C(=O)N(C)[C@H](C)c3cc(C(F)(F)F)cc(C(F)(F)F)c3)[C@@H](c3ccc(F)cc3C)C2)cc1. The summed E-state index contributed by atoms with van der Waals surface area (Å²) >= 11 is 0. The van der Waals surface area contributed by atoms with Gasteiger partial charge in [-0.3, -0.25) is 9.69 Å². The summed E-state index contributed by atoms with van der Waals surface area (Å²) in [5.41, 5.74) is -0.271. The van der Waals surface area contributed by atoms with Gasteiger partial charge in [0.1, 0.15) is 5.82 Å². The van der Waals surface area contributed by atoms with Crippen molar-refractivity contribution < 1.29 is 45.1 Å². The second kappa shape index (κ2) is 13.7. The van der Waals surface area contributed by atoms with Gasteiger partial charge in [-0.15, -0.1) is 0 Å². The molecule has 0 aromatic heterocycles. The number of nitrogens with zero attached hydrogens (tertiary/aromatic N) is 3. The number of rotatable bonds is 7. The fraction of sp³-hybridized carbons (Fsp3) is 0.394. The second-order valence-corrected chi connectivity index (χ2v) is 11.4. The van der Waals surface area contributed by atoms with Crippen LogP contribution in [-0.4, -0.2) is 60.5 Å². The van der Waals surface area contributed by atoms with Crippen molar-refractivity contribution in [3.63, 3.8) is 0 Å². The minimum Gasteiger partial charge on any atom is -0.469 e. The molecule has 0 N–H and O–H groups in total. The quantitative estimate of drug-likeness (QED) is 0.195. The molecule has 46 heavy (non-hydrogen) atoms. The molecular weight excluding hydrogens is 619 g/mol. The number of hydrogen-bond donors (Lipinski definition) is 0. The van der Waals surface area contributed by atoms with E-state index in [2.05, 4.69) is 4.90 Å². The molecule has 2 amide bonds. The molecule has 3 aromatic carbocycles. The first-order valence-electron chi connectivity index (χ1n) is 14.4. The van der Waals surface area contributed by atoms with Crippen molar-refractivity contribution in [2.45, 2.75) is 51.2 Å². The number of piperazine rings is 1. The molecule has 1 aliphatic rings. The molecule has 6 nitrogen and oxygen atoms in total. The van der Waals surface area contributed by atoms with Crippen molar-refractivity contribution in [3.05, 3.63) is 105 Å². The van der Waals surface area contributed by atoms with Gasteiger partial charge in [-0.2, -0.15) is 26.3 Å². The van der Waals surface area contributed by atoms with E-state index in [1.807, 2.05) is 24.3 Å². The number of benzene rings is 3. The third kappa shape index (κ3) is 8.17. The van der Waals surface area contributed by atoms with Crippen molar-refractivity contribution >= 4 is 12.0 Å². The van der Waals surface area contributed by atoms with Crippen LogP contribution in [0, 0.1) is 12.7 Å². The normalized spacial score (nSPS) is 16.7. The molecule has 4 rings (SSSR count). The number of methoxy groups -OCH3 is 1. The van der Waals surface area contributed by atoms with Crippen LogP contribution in [0.4, 0.5) is 35.5 Å². The van der Waals surface area contributed by atoms with E-state index < -0.39 is 47.4 Å². The van der Waals surface area contributed by atoms with Gasteiger partial charge in [-0.25, -0.2) is 9.18 Å². The number of alkyl halides is 6. The van der Waals surface area contributed by atoms with Crippen molar-refractivity contribution in [2.24, 2.45) is 0 Å². The molecule has 0 aliphatic carbocycles. The Bertz CT molecular complexity index is 1530. The Morgan fingerprint density at radius 1 is 0.913 bits per heavy atom. The van der Waals surface area contributed by atoms with Gasteiger partial charge in [0.25, 0.3) is 0 Å². The minimum absolute atomic E-state index is 0.0529. The number of urea groups is 1. The van der Waals surface area contributed by atoms with Crippen LogP contribution in [0.3, 0.4) is 0 Å². The van der Waals surface area contributed by atoms with Crippen LogP contribution >= 0.6 is 0 Å². The predicted molar refractivity (Wildman–Crippen MR) is 156 cm³/mol. The lowest BCUT2D eigenvalue weighted by atomic mass is 9.96. The highest BCUT2D eigenvalue weighted by atomic mass is 19.4. The smallest absolute Gasteiger partial charge is 0.416 e. The van der Waals surface area contributed by atoms with Crippen LogP contribution in [0.1, 0.15) is 58.0 Å². The van der Waals surface area contributed by atoms with E-state index in [1.54, 1.807) is 13.0 Å². The van der Waals surface area contributed by atoms with Gasteiger partial charge in [0, 0.05) is 33.2 Å². The van der Waals surface area contributed by atoms with Crippen LogP contribution in [0.15, 0.2) is 60.7 Å². The Morgan fingerprint density at radius 2 is 1.50 bits per heavy atom. The third-order valence-corrected chi connectivity index (χ3v) is 8.28. The Balaban J connectivity index is 1.60. The zero-order valence-electron chi connectivity index (χ0n) is 25.7. The molecule has 0 bridgehead atoms. The molecule has 1 aliphatic heterocycles. The van der Waals surface area contributed by atoms with Crippen LogP contribution in [0.25, 0.3) is 0 Å². The van der Waals surface area contributed by atoms with E-state index >= 15 is 0 Å². The summed E-state index contributed by atoms with van der Waals surface area (Å²) in [4.78, 5) is 30.3. The summed E-state index contributed by atoms with van der Waals surface area (Å²) in [5.74, 6) is -0.825. The average Bonchev–Trinajstić information content (AvgIpc) is 2.99. The first-order chi connectivity index (χ1) is 21.5. The standard InChI is InChI=1S/C33H34F7N3O3/c1-20-13-27(34)9-10-28(20)29-19-42(18-23-7-5-22(6-8-23)14-30(44)46-4)11-12-43(29)31(45)41(3)21(2)24-15-25(32(35,36)37)17-26(16-24)33(38,39)40/h5-10,13,15-17,21,29H,11-12,14,18-19H2,1-4H3/t21-,29-/m1/s1. The maximum absolute atomic E-state index is 14.0. The Kier molecular flexibility index (Phi) is 10.3. The van der Waals surface area contributed by atoms with Gasteiger partial charge in [0.15, 0.2) is 0 Å². The minimum atomic E-state index is -5.03. The summed E-state index contributed by atoms with van der Waals surface area (Å²) in [7, 11) is 2.64. The topological polar surface area (TPSA) is 53.1 Å².